The van der Waals surface area contributed by atoms with Gasteiger partial charge in [0.25, 0.3) is 5.91 Å². The van der Waals surface area contributed by atoms with Crippen molar-refractivity contribution in [3.05, 3.63) is 95.2 Å². The lowest BCUT2D eigenvalue weighted by molar-refractivity contribution is -0.131. The van der Waals surface area contributed by atoms with E-state index in [1.165, 1.54) is 6.08 Å². The average molecular weight is 509 g/mol. The van der Waals surface area contributed by atoms with E-state index in [0.717, 1.165) is 11.6 Å². The maximum Gasteiger partial charge on any atom is 0.327 e. The molecule has 2 amide bonds. The van der Waals surface area contributed by atoms with Crippen molar-refractivity contribution in [1.29, 1.82) is 5.26 Å². The van der Waals surface area contributed by atoms with Gasteiger partial charge in [-0.25, -0.2) is 9.78 Å². The largest absolute Gasteiger partial charge is 0.493 e. The van der Waals surface area contributed by atoms with Crippen LogP contribution < -0.4 is 15.4 Å². The first-order valence-corrected chi connectivity index (χ1v) is 12.1. The SMILES string of the molecule is N#Cc1ccc(CC=CC(=O)O)c(NC(=O)[C@@H]2C[C@]23CCOc2ccc(C(=O)Nc4ccccn4)cc23)c1. The normalized spacial score (nSPS) is 19.2. The third-order valence-corrected chi connectivity index (χ3v) is 6.98. The van der Waals surface area contributed by atoms with Crippen LogP contribution in [-0.2, 0) is 21.4 Å². The standard InChI is InChI=1S/C29H24N4O5/c30-17-18-7-8-19(4-3-6-26(34)35)23(14-18)32-28(37)22-16-29(22)11-13-38-24-10-9-20(15-21(24)29)27(36)33-25-5-1-2-12-31-25/h1-3,5-10,12,14-15,22H,4,11,13,16H2,(H,32,37)(H,34,35)(H,31,33,36)/t22-,29-/m0/s1. The van der Waals surface area contributed by atoms with Gasteiger partial charge in [-0.3, -0.25) is 9.59 Å². The molecule has 2 aliphatic rings. The van der Waals surface area contributed by atoms with Crippen LogP contribution in [0, 0.1) is 17.2 Å². The van der Waals surface area contributed by atoms with Crippen LogP contribution in [0.1, 0.15) is 39.9 Å². The lowest BCUT2D eigenvalue weighted by Crippen LogP contribution is -2.27. The second-order valence-corrected chi connectivity index (χ2v) is 9.31. The summed E-state index contributed by atoms with van der Waals surface area (Å²) in [6, 6.07) is 17.5. The molecule has 2 aromatic carbocycles. The zero-order valence-corrected chi connectivity index (χ0v) is 20.3. The molecule has 1 spiro atoms. The smallest absolute Gasteiger partial charge is 0.327 e. The fourth-order valence-electron chi connectivity index (χ4n) is 4.96. The summed E-state index contributed by atoms with van der Waals surface area (Å²) in [6.07, 6.45) is 5.65. The number of nitrogens with one attached hydrogen (secondary N) is 2. The first-order valence-electron chi connectivity index (χ1n) is 12.1. The molecule has 0 unspecified atom stereocenters. The van der Waals surface area contributed by atoms with Crippen LogP contribution >= 0.6 is 0 Å². The predicted octanol–water partition coefficient (Wildman–Crippen LogP) is 4.07. The molecule has 3 N–H and O–H groups in total. The van der Waals surface area contributed by atoms with E-state index in [1.807, 2.05) is 0 Å². The number of allylic oxidation sites excluding steroid dienone is 1. The fraction of sp³-hybridized carbons (Fsp3) is 0.207. The summed E-state index contributed by atoms with van der Waals surface area (Å²) in [7, 11) is 0. The maximum absolute atomic E-state index is 13.4. The maximum atomic E-state index is 13.4. The minimum absolute atomic E-state index is 0.195. The highest BCUT2D eigenvalue weighted by Gasteiger charge is 2.61. The average Bonchev–Trinajstić information content (AvgIpc) is 3.64. The second kappa shape index (κ2) is 10.2. The van der Waals surface area contributed by atoms with E-state index in [9.17, 15) is 19.6 Å². The zero-order valence-electron chi connectivity index (χ0n) is 20.3. The highest BCUT2D eigenvalue weighted by molar-refractivity contribution is 6.04. The van der Waals surface area contributed by atoms with E-state index in [-0.39, 0.29) is 24.2 Å². The molecule has 2 heterocycles. The van der Waals surface area contributed by atoms with Crippen LogP contribution in [0.15, 0.2) is 72.9 Å². The van der Waals surface area contributed by atoms with E-state index in [4.69, 9.17) is 9.84 Å². The lowest BCUT2D eigenvalue weighted by atomic mass is 9.86. The van der Waals surface area contributed by atoms with Gasteiger partial charge < -0.3 is 20.5 Å². The van der Waals surface area contributed by atoms with Gasteiger partial charge in [-0.2, -0.15) is 5.26 Å². The number of amides is 2. The predicted molar refractivity (Wildman–Crippen MR) is 139 cm³/mol. The number of carbonyl (C=O) groups is 3. The van der Waals surface area contributed by atoms with Crippen molar-refractivity contribution >= 4 is 29.3 Å². The van der Waals surface area contributed by atoms with Gasteiger partial charge in [0.05, 0.1) is 18.2 Å². The number of aromatic nitrogens is 1. The summed E-state index contributed by atoms with van der Waals surface area (Å²) in [5, 5.41) is 23.9. The lowest BCUT2D eigenvalue weighted by Gasteiger charge is -2.27. The van der Waals surface area contributed by atoms with E-state index >= 15 is 0 Å². The number of nitrogens with zero attached hydrogens (tertiary/aromatic N) is 2. The minimum Gasteiger partial charge on any atom is -0.493 e. The Morgan fingerprint density at radius 1 is 1.16 bits per heavy atom. The van der Waals surface area contributed by atoms with Gasteiger partial charge in [0.15, 0.2) is 0 Å². The summed E-state index contributed by atoms with van der Waals surface area (Å²) in [6.45, 7) is 0.464. The number of benzene rings is 2. The van der Waals surface area contributed by atoms with Gasteiger partial charge in [-0.05, 0) is 67.3 Å². The molecule has 0 bridgehead atoms. The number of fused-ring (bicyclic) bond motifs is 2. The zero-order chi connectivity index (χ0) is 26.7. The third-order valence-electron chi connectivity index (χ3n) is 6.98. The van der Waals surface area contributed by atoms with Crippen LogP contribution in [0.5, 0.6) is 5.75 Å². The second-order valence-electron chi connectivity index (χ2n) is 9.31. The summed E-state index contributed by atoms with van der Waals surface area (Å²) in [5.41, 5.74) is 2.38. The van der Waals surface area contributed by atoms with Crippen molar-refractivity contribution in [3.8, 4) is 11.8 Å². The molecule has 2 atom stereocenters. The Kier molecular flexibility index (Phi) is 6.62. The first kappa shape index (κ1) is 24.7. The Balaban J connectivity index is 1.37. The number of hydrogen-bond acceptors (Lipinski definition) is 6. The molecular weight excluding hydrogens is 484 g/mol. The summed E-state index contributed by atoms with van der Waals surface area (Å²) in [5.74, 6) is -0.797. The number of rotatable bonds is 7. The van der Waals surface area contributed by atoms with Gasteiger partial charge in [0.2, 0.25) is 5.91 Å². The molecule has 1 aliphatic heterocycles. The van der Waals surface area contributed by atoms with Gasteiger partial charge >= 0.3 is 5.97 Å². The Labute approximate surface area is 218 Å². The fourth-order valence-corrected chi connectivity index (χ4v) is 4.96. The first-order chi connectivity index (χ1) is 18.4. The molecule has 1 aliphatic carbocycles. The van der Waals surface area contributed by atoms with Crippen LogP contribution in [-0.4, -0.2) is 34.5 Å². The Morgan fingerprint density at radius 3 is 2.79 bits per heavy atom. The molecule has 5 rings (SSSR count). The quantitative estimate of drug-likeness (QED) is 0.409. The van der Waals surface area contributed by atoms with Crippen molar-refractivity contribution < 1.29 is 24.2 Å². The van der Waals surface area contributed by atoms with Gasteiger partial charge in [0.1, 0.15) is 11.6 Å². The number of carboxylic acid groups (broad SMARTS) is 1. The molecule has 3 aromatic rings. The number of ether oxygens (including phenoxy) is 1. The molecule has 9 heteroatoms. The summed E-state index contributed by atoms with van der Waals surface area (Å²) in [4.78, 5) is 41.3. The molecule has 190 valence electrons. The van der Waals surface area contributed by atoms with Gasteiger partial charge in [0, 0.05) is 40.4 Å². The van der Waals surface area contributed by atoms with Gasteiger partial charge in [-0.1, -0.05) is 18.2 Å². The Bertz CT molecular complexity index is 1490. The van der Waals surface area contributed by atoms with Crippen LogP contribution in [0.25, 0.3) is 0 Å². The highest BCUT2D eigenvalue weighted by Crippen LogP contribution is 2.61. The minimum atomic E-state index is -1.06. The molecule has 1 fully saturated rings. The molecule has 1 saturated carbocycles. The molecule has 9 nitrogen and oxygen atoms in total. The van der Waals surface area contributed by atoms with Crippen molar-refractivity contribution in [1.82, 2.24) is 4.98 Å². The Hall–Kier alpha value is -4.97. The number of anilines is 2. The summed E-state index contributed by atoms with van der Waals surface area (Å²) < 4.78 is 5.84. The van der Waals surface area contributed by atoms with E-state index in [0.29, 0.717) is 53.4 Å². The Morgan fingerprint density at radius 2 is 2.03 bits per heavy atom. The number of aliphatic carboxylic acids is 1. The molecule has 0 saturated heterocycles. The molecular formula is C29H24N4O5. The van der Waals surface area contributed by atoms with E-state index in [1.54, 1.807) is 60.8 Å². The van der Waals surface area contributed by atoms with E-state index < -0.39 is 11.4 Å². The topological polar surface area (TPSA) is 141 Å². The number of carboxylic acids is 1. The molecule has 38 heavy (non-hydrogen) atoms. The highest BCUT2D eigenvalue weighted by atomic mass is 16.5. The van der Waals surface area contributed by atoms with Crippen molar-refractivity contribution in [2.45, 2.75) is 24.7 Å². The summed E-state index contributed by atoms with van der Waals surface area (Å²) >= 11 is 0. The monoisotopic (exact) mass is 508 g/mol. The number of nitriles is 1. The van der Waals surface area contributed by atoms with Gasteiger partial charge in [-0.15, -0.1) is 0 Å². The van der Waals surface area contributed by atoms with Crippen LogP contribution in [0.2, 0.25) is 0 Å². The van der Waals surface area contributed by atoms with Crippen LogP contribution in [0.3, 0.4) is 0 Å². The van der Waals surface area contributed by atoms with Crippen molar-refractivity contribution in [3.63, 3.8) is 0 Å². The number of hydrogen-bond donors (Lipinski definition) is 3. The van der Waals surface area contributed by atoms with E-state index in [2.05, 4.69) is 21.7 Å². The number of pyridine rings is 1. The van der Waals surface area contributed by atoms with Crippen molar-refractivity contribution in [2.75, 3.05) is 17.2 Å². The number of carbonyl (C=O) groups excluding carboxylic acids is 2. The molecule has 0 radical (unpaired) electrons. The molecule has 1 aromatic heterocycles. The van der Waals surface area contributed by atoms with Crippen LogP contribution in [0.4, 0.5) is 11.5 Å². The van der Waals surface area contributed by atoms with Crippen molar-refractivity contribution in [2.24, 2.45) is 5.92 Å². The third kappa shape index (κ3) is 4.97.